The van der Waals surface area contributed by atoms with Crippen LogP contribution in [-0.2, 0) is 21.4 Å². The number of aromatic hydroxyl groups is 1. The maximum Gasteiger partial charge on any atom is 0.341 e. The molecule has 0 spiro atoms. The predicted molar refractivity (Wildman–Crippen MR) is 71.3 cm³/mol. The number of phenolic OH excluding ortho intramolecular Hbond substituents is 1. The first-order valence-electron chi connectivity index (χ1n) is 6.04. The van der Waals surface area contributed by atoms with Crippen molar-refractivity contribution in [3.05, 3.63) is 23.3 Å². The molecule has 0 saturated heterocycles. The normalized spacial score (nSPS) is 11.2. The first-order valence-corrected chi connectivity index (χ1v) is 6.04. The van der Waals surface area contributed by atoms with Crippen molar-refractivity contribution in [2.75, 3.05) is 6.61 Å². The summed E-state index contributed by atoms with van der Waals surface area (Å²) < 4.78 is 5.12. The highest BCUT2D eigenvalue weighted by Gasteiger charge is 2.26. The Labute approximate surface area is 116 Å². The van der Waals surface area contributed by atoms with Gasteiger partial charge >= 0.3 is 11.9 Å². The van der Waals surface area contributed by atoms with Crippen LogP contribution in [0.4, 0.5) is 0 Å². The summed E-state index contributed by atoms with van der Waals surface area (Å²) in [6, 6.07) is 2.76. The number of carbonyl (C=O) groups is 2. The van der Waals surface area contributed by atoms with Crippen LogP contribution in [-0.4, -0.2) is 33.9 Å². The molecule has 0 heterocycles. The van der Waals surface area contributed by atoms with Crippen LogP contribution in [0.2, 0.25) is 0 Å². The van der Waals surface area contributed by atoms with E-state index in [2.05, 4.69) is 0 Å². The lowest BCUT2D eigenvalue weighted by atomic mass is 9.81. The van der Waals surface area contributed by atoms with Crippen molar-refractivity contribution < 1.29 is 29.6 Å². The summed E-state index contributed by atoms with van der Waals surface area (Å²) in [5, 5.41) is 27.6. The molecular formula is C14H18O6. The van der Waals surface area contributed by atoms with Gasteiger partial charge in [-0.3, -0.25) is 4.79 Å². The zero-order valence-electron chi connectivity index (χ0n) is 11.6. The third kappa shape index (κ3) is 3.88. The molecule has 110 valence electrons. The van der Waals surface area contributed by atoms with E-state index in [0.29, 0.717) is 11.1 Å². The van der Waals surface area contributed by atoms with Crippen LogP contribution >= 0.6 is 0 Å². The Hall–Kier alpha value is -2.24. The second-order valence-electron chi connectivity index (χ2n) is 5.44. The molecule has 6 heteroatoms. The molecule has 0 aliphatic rings. The SMILES string of the molecule is CC(C)(C)c1c(O)ccc(OCC(=O)O)c1CC(=O)O. The summed E-state index contributed by atoms with van der Waals surface area (Å²) in [5.74, 6) is -2.10. The molecule has 1 rings (SSSR count). The highest BCUT2D eigenvalue weighted by Crippen LogP contribution is 2.38. The molecule has 6 nitrogen and oxygen atoms in total. The second kappa shape index (κ2) is 5.81. The van der Waals surface area contributed by atoms with Gasteiger partial charge in [0.25, 0.3) is 0 Å². The fourth-order valence-electron chi connectivity index (χ4n) is 2.05. The Balaban J connectivity index is 3.37. The predicted octanol–water partition coefficient (Wildman–Crippen LogP) is 1.78. The van der Waals surface area contributed by atoms with Gasteiger partial charge in [0.05, 0.1) is 6.42 Å². The molecule has 0 unspecified atom stereocenters. The minimum absolute atomic E-state index is 0.0311. The van der Waals surface area contributed by atoms with Crippen LogP contribution in [0.3, 0.4) is 0 Å². The van der Waals surface area contributed by atoms with Gasteiger partial charge < -0.3 is 20.1 Å². The molecule has 0 atom stereocenters. The van der Waals surface area contributed by atoms with E-state index < -0.39 is 24.0 Å². The Bertz CT molecular complexity index is 527. The lowest BCUT2D eigenvalue weighted by molar-refractivity contribution is -0.139. The standard InChI is InChI=1S/C14H18O6/c1-14(2,3)13-8(6-11(16)17)10(5-4-9(13)15)20-7-12(18)19/h4-5,15H,6-7H2,1-3H3,(H,16,17)(H,18,19). The van der Waals surface area contributed by atoms with E-state index in [1.165, 1.54) is 12.1 Å². The van der Waals surface area contributed by atoms with Gasteiger partial charge in [-0.2, -0.15) is 0 Å². The smallest absolute Gasteiger partial charge is 0.341 e. The molecule has 1 aromatic carbocycles. The molecule has 0 fully saturated rings. The summed E-state index contributed by atoms with van der Waals surface area (Å²) in [5.41, 5.74) is 0.242. The van der Waals surface area contributed by atoms with Crippen molar-refractivity contribution in [3.63, 3.8) is 0 Å². The second-order valence-corrected chi connectivity index (χ2v) is 5.44. The van der Waals surface area contributed by atoms with Gasteiger partial charge in [-0.1, -0.05) is 20.8 Å². The summed E-state index contributed by atoms with van der Waals surface area (Å²) in [4.78, 5) is 21.6. The monoisotopic (exact) mass is 282 g/mol. The molecule has 0 aliphatic heterocycles. The van der Waals surface area contributed by atoms with Crippen LogP contribution in [0.15, 0.2) is 12.1 Å². The van der Waals surface area contributed by atoms with E-state index in [1.54, 1.807) is 0 Å². The average molecular weight is 282 g/mol. The summed E-state index contributed by atoms with van der Waals surface area (Å²) >= 11 is 0. The molecule has 0 aromatic heterocycles. The van der Waals surface area contributed by atoms with Gasteiger partial charge in [0, 0.05) is 11.1 Å². The largest absolute Gasteiger partial charge is 0.508 e. The van der Waals surface area contributed by atoms with Crippen molar-refractivity contribution in [3.8, 4) is 11.5 Å². The number of carboxylic acids is 2. The van der Waals surface area contributed by atoms with E-state index in [0.717, 1.165) is 0 Å². The van der Waals surface area contributed by atoms with Crippen molar-refractivity contribution in [1.29, 1.82) is 0 Å². The summed E-state index contributed by atoms with van der Waals surface area (Å²) in [7, 11) is 0. The van der Waals surface area contributed by atoms with E-state index in [9.17, 15) is 14.7 Å². The van der Waals surface area contributed by atoms with Crippen LogP contribution < -0.4 is 4.74 Å². The number of phenols is 1. The van der Waals surface area contributed by atoms with Gasteiger partial charge in [-0.25, -0.2) is 4.79 Å². The number of hydrogen-bond donors (Lipinski definition) is 3. The average Bonchev–Trinajstić information content (AvgIpc) is 2.25. The van der Waals surface area contributed by atoms with Crippen LogP contribution in [0, 0.1) is 0 Å². The van der Waals surface area contributed by atoms with Gasteiger partial charge in [-0.15, -0.1) is 0 Å². The van der Waals surface area contributed by atoms with E-state index in [4.69, 9.17) is 14.9 Å². The van der Waals surface area contributed by atoms with Crippen molar-refractivity contribution in [1.82, 2.24) is 0 Å². The van der Waals surface area contributed by atoms with Crippen molar-refractivity contribution in [2.24, 2.45) is 0 Å². The molecule has 1 aromatic rings. The number of rotatable bonds is 5. The number of ether oxygens (including phenoxy) is 1. The third-order valence-electron chi connectivity index (χ3n) is 2.68. The first-order chi connectivity index (χ1) is 9.12. The molecule has 0 radical (unpaired) electrons. The van der Waals surface area contributed by atoms with Crippen LogP contribution in [0.5, 0.6) is 11.5 Å². The topological polar surface area (TPSA) is 104 Å². The highest BCUT2D eigenvalue weighted by atomic mass is 16.5. The van der Waals surface area contributed by atoms with Gasteiger partial charge in [0.15, 0.2) is 6.61 Å². The first kappa shape index (κ1) is 15.8. The minimum atomic E-state index is -1.16. The fraction of sp³-hybridized carbons (Fsp3) is 0.429. The van der Waals surface area contributed by atoms with E-state index >= 15 is 0 Å². The van der Waals surface area contributed by atoms with Gasteiger partial charge in [-0.05, 0) is 17.5 Å². The number of carboxylic acid groups (broad SMARTS) is 2. The van der Waals surface area contributed by atoms with Crippen molar-refractivity contribution in [2.45, 2.75) is 32.6 Å². The third-order valence-corrected chi connectivity index (χ3v) is 2.68. The van der Waals surface area contributed by atoms with E-state index in [1.807, 2.05) is 20.8 Å². The zero-order chi connectivity index (χ0) is 15.5. The number of hydrogen-bond acceptors (Lipinski definition) is 4. The van der Waals surface area contributed by atoms with Crippen molar-refractivity contribution >= 4 is 11.9 Å². The maximum absolute atomic E-state index is 11.0. The Kier molecular flexibility index (Phi) is 4.60. The number of aliphatic carboxylic acids is 2. The molecule has 3 N–H and O–H groups in total. The minimum Gasteiger partial charge on any atom is -0.508 e. The molecule has 20 heavy (non-hydrogen) atoms. The van der Waals surface area contributed by atoms with Crippen LogP contribution in [0.25, 0.3) is 0 Å². The highest BCUT2D eigenvalue weighted by molar-refractivity contribution is 5.74. The zero-order valence-corrected chi connectivity index (χ0v) is 11.6. The van der Waals surface area contributed by atoms with Crippen LogP contribution in [0.1, 0.15) is 31.9 Å². The lowest BCUT2D eigenvalue weighted by Crippen LogP contribution is -2.19. The Morgan fingerprint density at radius 3 is 2.20 bits per heavy atom. The molecular weight excluding hydrogens is 264 g/mol. The molecule has 0 bridgehead atoms. The van der Waals surface area contributed by atoms with Gasteiger partial charge in [0.1, 0.15) is 11.5 Å². The maximum atomic E-state index is 11.0. The summed E-state index contributed by atoms with van der Waals surface area (Å²) in [6.07, 6.45) is -0.351. The quantitative estimate of drug-likeness (QED) is 0.760. The van der Waals surface area contributed by atoms with E-state index in [-0.39, 0.29) is 17.9 Å². The fourth-order valence-corrected chi connectivity index (χ4v) is 2.05. The Morgan fingerprint density at radius 1 is 1.15 bits per heavy atom. The Morgan fingerprint density at radius 2 is 1.75 bits per heavy atom. The van der Waals surface area contributed by atoms with Gasteiger partial charge in [0.2, 0.25) is 0 Å². The molecule has 0 aliphatic carbocycles. The molecule has 0 saturated carbocycles. The molecule has 0 amide bonds. The summed E-state index contributed by atoms with van der Waals surface area (Å²) in [6.45, 7) is 4.91. The number of benzene rings is 1. The lowest BCUT2D eigenvalue weighted by Gasteiger charge is -2.25.